The number of hydrogen-bond acceptors (Lipinski definition) is 2. The van der Waals surface area contributed by atoms with Gasteiger partial charge in [0, 0.05) is 11.3 Å². The zero-order valence-corrected chi connectivity index (χ0v) is 11.1. The van der Waals surface area contributed by atoms with Gasteiger partial charge in [0.15, 0.2) is 11.1 Å². The van der Waals surface area contributed by atoms with Gasteiger partial charge in [-0.2, -0.15) is 0 Å². The third-order valence-electron chi connectivity index (χ3n) is 2.63. The second-order valence-corrected chi connectivity index (χ2v) is 5.06. The van der Waals surface area contributed by atoms with E-state index in [1.165, 1.54) is 12.1 Å². The molecular weight excluding hydrogens is 262 g/mol. The summed E-state index contributed by atoms with van der Waals surface area (Å²) in [5.74, 6) is -0.210. The van der Waals surface area contributed by atoms with Crippen LogP contribution in [0.25, 0.3) is 0 Å². The Kier molecular flexibility index (Phi) is 4.09. The van der Waals surface area contributed by atoms with Crippen molar-refractivity contribution in [3.63, 3.8) is 0 Å². The molecule has 0 aliphatic rings. The molecule has 2 N–H and O–H groups in total. The molecule has 0 spiro atoms. The van der Waals surface area contributed by atoms with Gasteiger partial charge >= 0.3 is 0 Å². The van der Waals surface area contributed by atoms with Crippen molar-refractivity contribution in [3.05, 3.63) is 59.7 Å². The van der Waals surface area contributed by atoms with E-state index < -0.39 is 11.1 Å². The molecule has 0 bridgehead atoms. The zero-order chi connectivity index (χ0) is 13.8. The first-order valence-electron chi connectivity index (χ1n) is 5.65. The van der Waals surface area contributed by atoms with Crippen LogP contribution in [0.3, 0.4) is 0 Å². The average molecular weight is 275 g/mol. The Morgan fingerprint density at radius 2 is 1.63 bits per heavy atom. The summed E-state index contributed by atoms with van der Waals surface area (Å²) in [6.45, 7) is 1.95. The van der Waals surface area contributed by atoms with Crippen molar-refractivity contribution in [2.45, 2.75) is 11.8 Å². The molecule has 0 aromatic heterocycles. The van der Waals surface area contributed by atoms with Crippen molar-refractivity contribution in [1.29, 1.82) is 0 Å². The average Bonchev–Trinajstić information content (AvgIpc) is 2.40. The molecule has 0 radical (unpaired) electrons. The highest BCUT2D eigenvalue weighted by Gasteiger charge is 2.06. The van der Waals surface area contributed by atoms with Crippen LogP contribution in [0.4, 0.5) is 5.69 Å². The maximum atomic E-state index is 11.9. The van der Waals surface area contributed by atoms with Gasteiger partial charge in [-0.1, -0.05) is 17.7 Å². The van der Waals surface area contributed by atoms with Crippen molar-refractivity contribution in [2.24, 2.45) is 0 Å². The van der Waals surface area contributed by atoms with E-state index in [9.17, 15) is 9.00 Å². The summed E-state index contributed by atoms with van der Waals surface area (Å²) in [4.78, 5) is 12.2. The van der Waals surface area contributed by atoms with Crippen LogP contribution in [-0.2, 0) is 11.1 Å². The fourth-order valence-corrected chi connectivity index (χ4v) is 1.93. The van der Waals surface area contributed by atoms with Crippen molar-refractivity contribution in [2.75, 3.05) is 5.32 Å². The van der Waals surface area contributed by atoms with E-state index in [0.717, 1.165) is 5.56 Å². The molecule has 0 fully saturated rings. The van der Waals surface area contributed by atoms with E-state index in [1.54, 1.807) is 24.3 Å². The fraction of sp³-hybridized carbons (Fsp3) is 0.0714. The van der Waals surface area contributed by atoms with Crippen molar-refractivity contribution in [3.8, 4) is 0 Å². The van der Waals surface area contributed by atoms with Crippen molar-refractivity contribution in [1.82, 2.24) is 0 Å². The van der Waals surface area contributed by atoms with Crippen LogP contribution in [0.15, 0.2) is 53.4 Å². The number of rotatable bonds is 3. The summed E-state index contributed by atoms with van der Waals surface area (Å²) in [5, 5.41) is 2.72. The molecule has 5 heteroatoms. The number of hydrogen-bond donors (Lipinski definition) is 2. The summed E-state index contributed by atoms with van der Waals surface area (Å²) < 4.78 is 19.7. The lowest BCUT2D eigenvalue weighted by atomic mass is 10.1. The molecule has 1 amide bonds. The summed E-state index contributed by atoms with van der Waals surface area (Å²) in [7, 11) is 0. The van der Waals surface area contributed by atoms with Crippen LogP contribution in [0, 0.1) is 6.92 Å². The standard InChI is InChI=1S/C14H13NO3S/c1-10-2-4-11(5-3-10)14(16)15-12-6-8-13(9-7-12)19(17)18/h2-9H,1H3,(H,15,16)(H,17,18). The number of nitrogens with one attached hydrogen (secondary N) is 1. The van der Waals surface area contributed by atoms with E-state index in [4.69, 9.17) is 4.55 Å². The predicted molar refractivity (Wildman–Crippen MR) is 74.6 cm³/mol. The van der Waals surface area contributed by atoms with Gasteiger partial charge < -0.3 is 9.87 Å². The SMILES string of the molecule is Cc1ccc(C(=O)Nc2ccc(S(=O)O)cc2)cc1. The minimum atomic E-state index is -2.00. The Balaban J connectivity index is 2.10. The number of amides is 1. The fourth-order valence-electron chi connectivity index (χ4n) is 1.56. The molecule has 0 saturated carbocycles. The number of aryl methyl sites for hydroxylation is 1. The molecule has 19 heavy (non-hydrogen) atoms. The third-order valence-corrected chi connectivity index (χ3v) is 3.30. The van der Waals surface area contributed by atoms with Gasteiger partial charge in [-0.05, 0) is 43.3 Å². The first-order valence-corrected chi connectivity index (χ1v) is 6.76. The Morgan fingerprint density at radius 3 is 2.16 bits per heavy atom. The highest BCUT2D eigenvalue weighted by Crippen LogP contribution is 2.13. The summed E-state index contributed by atoms with van der Waals surface area (Å²) >= 11 is -2.00. The van der Waals surface area contributed by atoms with Gasteiger partial charge in [-0.15, -0.1) is 0 Å². The summed E-state index contributed by atoms with van der Waals surface area (Å²) in [6.07, 6.45) is 0. The number of benzene rings is 2. The molecule has 2 rings (SSSR count). The zero-order valence-electron chi connectivity index (χ0n) is 10.3. The Bertz CT molecular complexity index is 606. The van der Waals surface area contributed by atoms with E-state index in [-0.39, 0.29) is 5.91 Å². The molecular formula is C14H13NO3S. The molecule has 0 heterocycles. The topological polar surface area (TPSA) is 66.4 Å². The monoisotopic (exact) mass is 275 g/mol. The normalized spacial score (nSPS) is 11.9. The lowest BCUT2D eigenvalue weighted by Crippen LogP contribution is -2.11. The maximum Gasteiger partial charge on any atom is 0.255 e. The second kappa shape index (κ2) is 5.77. The van der Waals surface area contributed by atoms with Gasteiger partial charge in [0.1, 0.15) is 0 Å². The van der Waals surface area contributed by atoms with Gasteiger partial charge in [-0.3, -0.25) is 4.79 Å². The van der Waals surface area contributed by atoms with Crippen LogP contribution in [0.5, 0.6) is 0 Å². The minimum absolute atomic E-state index is 0.210. The molecule has 2 aromatic carbocycles. The largest absolute Gasteiger partial charge is 0.322 e. The first-order chi connectivity index (χ1) is 9.06. The smallest absolute Gasteiger partial charge is 0.255 e. The Morgan fingerprint density at radius 1 is 1.05 bits per heavy atom. The van der Waals surface area contributed by atoms with Gasteiger partial charge in [0.2, 0.25) is 0 Å². The Labute approximate surface area is 113 Å². The van der Waals surface area contributed by atoms with E-state index in [0.29, 0.717) is 16.1 Å². The third kappa shape index (κ3) is 3.49. The molecule has 98 valence electrons. The van der Waals surface area contributed by atoms with Gasteiger partial charge in [-0.25, -0.2) is 4.21 Å². The molecule has 0 saturated heterocycles. The predicted octanol–water partition coefficient (Wildman–Crippen LogP) is 2.83. The lowest BCUT2D eigenvalue weighted by Gasteiger charge is -2.06. The van der Waals surface area contributed by atoms with Crippen molar-refractivity contribution < 1.29 is 13.6 Å². The highest BCUT2D eigenvalue weighted by molar-refractivity contribution is 7.79. The molecule has 0 aliphatic carbocycles. The number of carbonyl (C=O) groups excluding carboxylic acids is 1. The van der Waals surface area contributed by atoms with Crippen molar-refractivity contribution >= 4 is 22.7 Å². The van der Waals surface area contributed by atoms with Gasteiger partial charge in [0.25, 0.3) is 5.91 Å². The molecule has 1 atom stereocenters. The van der Waals surface area contributed by atoms with E-state index >= 15 is 0 Å². The lowest BCUT2D eigenvalue weighted by molar-refractivity contribution is 0.102. The van der Waals surface area contributed by atoms with Crippen LogP contribution in [0.1, 0.15) is 15.9 Å². The van der Waals surface area contributed by atoms with E-state index in [1.807, 2.05) is 19.1 Å². The van der Waals surface area contributed by atoms with Gasteiger partial charge in [0.05, 0.1) is 4.90 Å². The quantitative estimate of drug-likeness (QED) is 0.846. The molecule has 4 nitrogen and oxygen atoms in total. The highest BCUT2D eigenvalue weighted by atomic mass is 32.2. The molecule has 1 unspecified atom stereocenters. The number of anilines is 1. The minimum Gasteiger partial charge on any atom is -0.322 e. The summed E-state index contributed by atoms with van der Waals surface area (Å²) in [6, 6.07) is 13.4. The van der Waals surface area contributed by atoms with Crippen LogP contribution in [-0.4, -0.2) is 14.7 Å². The van der Waals surface area contributed by atoms with Crippen LogP contribution >= 0.6 is 0 Å². The van der Waals surface area contributed by atoms with Crippen LogP contribution in [0.2, 0.25) is 0 Å². The molecule has 2 aromatic rings. The number of carbonyl (C=O) groups is 1. The Hall–Kier alpha value is -1.98. The molecule has 0 aliphatic heterocycles. The first kappa shape index (κ1) is 13.5. The van der Waals surface area contributed by atoms with Crippen LogP contribution < -0.4 is 5.32 Å². The summed E-state index contributed by atoms with van der Waals surface area (Å²) in [5.41, 5.74) is 2.24. The maximum absolute atomic E-state index is 11.9. The van der Waals surface area contributed by atoms with E-state index in [2.05, 4.69) is 5.32 Å². The second-order valence-electron chi connectivity index (χ2n) is 4.09.